The molecule has 0 radical (unpaired) electrons. The normalized spacial score (nSPS) is 10.7. The maximum Gasteiger partial charge on any atom is 0.193 e. The Morgan fingerprint density at radius 3 is 2.78 bits per heavy atom. The summed E-state index contributed by atoms with van der Waals surface area (Å²) in [4.78, 5) is 15.8. The Morgan fingerprint density at radius 1 is 1.11 bits per heavy atom. The second-order valence-electron chi connectivity index (χ2n) is 3.84. The molecule has 0 aliphatic carbocycles. The highest BCUT2D eigenvalue weighted by atomic mass is 35.5. The van der Waals surface area contributed by atoms with Crippen molar-refractivity contribution in [1.82, 2.24) is 4.98 Å². The highest BCUT2D eigenvalue weighted by Crippen LogP contribution is 2.23. The monoisotopic (exact) mass is 257 g/mol. The van der Waals surface area contributed by atoms with Gasteiger partial charge < -0.3 is 4.42 Å². The topological polar surface area (TPSA) is 43.1 Å². The lowest BCUT2D eigenvalue weighted by Gasteiger charge is -2.02. The van der Waals surface area contributed by atoms with Gasteiger partial charge in [0, 0.05) is 17.8 Å². The van der Waals surface area contributed by atoms with Gasteiger partial charge in [0.1, 0.15) is 16.5 Å². The van der Waals surface area contributed by atoms with Crippen LogP contribution in [-0.2, 0) is 0 Å². The Bertz CT molecular complexity index is 780. The van der Waals surface area contributed by atoms with Crippen molar-refractivity contribution in [2.75, 3.05) is 0 Å². The molecule has 18 heavy (non-hydrogen) atoms. The van der Waals surface area contributed by atoms with Crippen molar-refractivity contribution in [3.05, 3.63) is 64.0 Å². The summed E-state index contributed by atoms with van der Waals surface area (Å²) in [5, 5.41) is 0.935. The van der Waals surface area contributed by atoms with Crippen LogP contribution in [0.15, 0.2) is 57.9 Å². The van der Waals surface area contributed by atoms with Crippen molar-refractivity contribution in [3.63, 3.8) is 0 Å². The summed E-state index contributed by atoms with van der Waals surface area (Å²) in [7, 11) is 0. The van der Waals surface area contributed by atoms with Crippen LogP contribution in [0.5, 0.6) is 0 Å². The minimum absolute atomic E-state index is 0.0696. The summed E-state index contributed by atoms with van der Waals surface area (Å²) >= 11 is 5.82. The van der Waals surface area contributed by atoms with Crippen LogP contribution in [0.2, 0.25) is 5.15 Å². The lowest BCUT2D eigenvalue weighted by Crippen LogP contribution is -1.99. The van der Waals surface area contributed by atoms with Crippen molar-refractivity contribution in [3.8, 4) is 11.3 Å². The molecular weight excluding hydrogens is 250 g/mol. The zero-order chi connectivity index (χ0) is 12.5. The van der Waals surface area contributed by atoms with Gasteiger partial charge in [-0.2, -0.15) is 0 Å². The first kappa shape index (κ1) is 11.0. The van der Waals surface area contributed by atoms with E-state index in [4.69, 9.17) is 16.0 Å². The maximum atomic E-state index is 11.9. The number of hydrogen-bond acceptors (Lipinski definition) is 3. The Morgan fingerprint density at radius 2 is 1.94 bits per heavy atom. The van der Waals surface area contributed by atoms with Gasteiger partial charge in [-0.25, -0.2) is 4.98 Å². The molecule has 0 bridgehead atoms. The quantitative estimate of drug-likeness (QED) is 0.627. The molecule has 0 amide bonds. The summed E-state index contributed by atoms with van der Waals surface area (Å²) < 4.78 is 5.70. The van der Waals surface area contributed by atoms with Crippen molar-refractivity contribution in [2.45, 2.75) is 0 Å². The van der Waals surface area contributed by atoms with Crippen LogP contribution in [0.4, 0.5) is 0 Å². The molecule has 0 spiro atoms. The van der Waals surface area contributed by atoms with Crippen molar-refractivity contribution < 1.29 is 4.42 Å². The second kappa shape index (κ2) is 4.27. The standard InChI is InChI=1S/C14H8ClNO2/c15-14-7-9(5-6-16-14)13-8-11(17)10-3-1-2-4-12(10)18-13/h1-8H. The number of nitrogens with zero attached hydrogens (tertiary/aromatic N) is 1. The van der Waals surface area contributed by atoms with E-state index in [-0.39, 0.29) is 5.43 Å². The number of rotatable bonds is 1. The van der Waals surface area contributed by atoms with E-state index < -0.39 is 0 Å². The van der Waals surface area contributed by atoms with Crippen LogP contribution in [0.3, 0.4) is 0 Å². The molecule has 88 valence electrons. The number of aromatic nitrogens is 1. The van der Waals surface area contributed by atoms with Gasteiger partial charge in [-0.15, -0.1) is 0 Å². The molecule has 2 heterocycles. The highest BCUT2D eigenvalue weighted by Gasteiger charge is 2.06. The van der Waals surface area contributed by atoms with E-state index >= 15 is 0 Å². The highest BCUT2D eigenvalue weighted by molar-refractivity contribution is 6.29. The van der Waals surface area contributed by atoms with Crippen molar-refractivity contribution >= 4 is 22.6 Å². The number of halogens is 1. The Kier molecular flexibility index (Phi) is 2.61. The molecule has 2 aromatic heterocycles. The average molecular weight is 258 g/mol. The zero-order valence-electron chi connectivity index (χ0n) is 9.26. The van der Waals surface area contributed by atoms with Crippen LogP contribution in [0.25, 0.3) is 22.3 Å². The predicted molar refractivity (Wildman–Crippen MR) is 70.7 cm³/mol. The Balaban J connectivity index is 2.28. The summed E-state index contributed by atoms with van der Waals surface area (Å²) in [5.41, 5.74) is 1.23. The van der Waals surface area contributed by atoms with Gasteiger partial charge in [-0.3, -0.25) is 4.79 Å². The number of hydrogen-bond donors (Lipinski definition) is 0. The fourth-order valence-corrected chi connectivity index (χ4v) is 1.98. The maximum absolute atomic E-state index is 11.9. The lowest BCUT2D eigenvalue weighted by atomic mass is 10.1. The first-order chi connectivity index (χ1) is 8.74. The molecule has 0 aliphatic heterocycles. The van der Waals surface area contributed by atoms with Gasteiger partial charge in [-0.05, 0) is 24.3 Å². The van der Waals surface area contributed by atoms with Crippen LogP contribution in [-0.4, -0.2) is 4.98 Å². The van der Waals surface area contributed by atoms with Crippen LogP contribution in [0, 0.1) is 0 Å². The summed E-state index contributed by atoms with van der Waals surface area (Å²) in [6, 6.07) is 12.0. The largest absolute Gasteiger partial charge is 0.456 e. The molecule has 0 unspecified atom stereocenters. The second-order valence-corrected chi connectivity index (χ2v) is 4.23. The third kappa shape index (κ3) is 1.89. The fourth-order valence-electron chi connectivity index (χ4n) is 1.80. The molecule has 3 aromatic rings. The first-order valence-electron chi connectivity index (χ1n) is 5.39. The summed E-state index contributed by atoms with van der Waals surface area (Å²) in [6.45, 7) is 0. The van der Waals surface area contributed by atoms with Crippen LogP contribution >= 0.6 is 11.6 Å². The predicted octanol–water partition coefficient (Wildman–Crippen LogP) is 3.51. The molecule has 0 aliphatic rings. The van der Waals surface area contributed by atoms with E-state index in [0.717, 1.165) is 5.56 Å². The SMILES string of the molecule is O=c1cc(-c2ccnc(Cl)c2)oc2ccccc12. The molecule has 4 heteroatoms. The third-order valence-corrected chi connectivity index (χ3v) is 2.85. The van der Waals surface area contributed by atoms with Gasteiger partial charge in [0.25, 0.3) is 0 Å². The number of benzene rings is 1. The van der Waals surface area contributed by atoms with Crippen LogP contribution < -0.4 is 5.43 Å². The van der Waals surface area contributed by atoms with E-state index in [1.807, 2.05) is 12.1 Å². The Hall–Kier alpha value is -2.13. The molecule has 0 saturated heterocycles. The van der Waals surface area contributed by atoms with E-state index in [2.05, 4.69) is 4.98 Å². The van der Waals surface area contributed by atoms with E-state index in [0.29, 0.717) is 21.9 Å². The average Bonchev–Trinajstić information content (AvgIpc) is 2.39. The van der Waals surface area contributed by atoms with E-state index in [1.54, 1.807) is 30.5 Å². The van der Waals surface area contributed by atoms with Gasteiger partial charge in [-0.1, -0.05) is 23.7 Å². The number of fused-ring (bicyclic) bond motifs is 1. The fraction of sp³-hybridized carbons (Fsp3) is 0. The van der Waals surface area contributed by atoms with E-state index in [1.165, 1.54) is 6.07 Å². The smallest absolute Gasteiger partial charge is 0.193 e. The molecule has 3 nitrogen and oxygen atoms in total. The van der Waals surface area contributed by atoms with Crippen molar-refractivity contribution in [1.29, 1.82) is 0 Å². The minimum atomic E-state index is -0.0696. The molecule has 1 aromatic carbocycles. The zero-order valence-corrected chi connectivity index (χ0v) is 10.0. The molecule has 0 saturated carbocycles. The summed E-state index contributed by atoms with van der Waals surface area (Å²) in [5.74, 6) is 0.489. The number of para-hydroxylation sites is 1. The van der Waals surface area contributed by atoms with Crippen LogP contribution in [0.1, 0.15) is 0 Å². The molecule has 0 N–H and O–H groups in total. The first-order valence-corrected chi connectivity index (χ1v) is 5.77. The minimum Gasteiger partial charge on any atom is -0.456 e. The van der Waals surface area contributed by atoms with Gasteiger partial charge in [0.15, 0.2) is 5.43 Å². The molecular formula is C14H8ClNO2. The third-order valence-electron chi connectivity index (χ3n) is 2.65. The summed E-state index contributed by atoms with van der Waals surface area (Å²) in [6.07, 6.45) is 1.58. The molecule has 0 atom stereocenters. The lowest BCUT2D eigenvalue weighted by molar-refractivity contribution is 0.619. The molecule has 3 rings (SSSR count). The van der Waals surface area contributed by atoms with Crippen molar-refractivity contribution in [2.24, 2.45) is 0 Å². The van der Waals surface area contributed by atoms with E-state index in [9.17, 15) is 4.79 Å². The van der Waals surface area contributed by atoms with Gasteiger partial charge in [0.2, 0.25) is 0 Å². The van der Waals surface area contributed by atoms with Gasteiger partial charge in [0.05, 0.1) is 5.39 Å². The number of pyridine rings is 1. The molecule has 0 fully saturated rings. The Labute approximate surface area is 108 Å². The van der Waals surface area contributed by atoms with Gasteiger partial charge >= 0.3 is 0 Å².